The Morgan fingerprint density at radius 2 is 1.76 bits per heavy atom. The van der Waals surface area contributed by atoms with Gasteiger partial charge in [0.1, 0.15) is 23.3 Å². The number of urea groups is 1. The highest BCUT2D eigenvalue weighted by atomic mass is 35.5. The summed E-state index contributed by atoms with van der Waals surface area (Å²) in [6.45, 7) is 1.89. The van der Waals surface area contributed by atoms with Gasteiger partial charge in [-0.25, -0.2) is 14.8 Å². The molecule has 0 aliphatic carbocycles. The first-order chi connectivity index (χ1) is 12.1. The minimum Gasteiger partial charge on any atom is -0.390 e. The lowest BCUT2D eigenvalue weighted by atomic mass is 10.3. The summed E-state index contributed by atoms with van der Waals surface area (Å²) >= 11 is 11.5. The minimum absolute atomic E-state index is 0.129. The van der Waals surface area contributed by atoms with E-state index in [1.54, 1.807) is 35.5 Å². The van der Waals surface area contributed by atoms with Crippen LogP contribution in [0.5, 0.6) is 0 Å². The van der Waals surface area contributed by atoms with Crippen LogP contribution >= 0.6 is 23.2 Å². The maximum absolute atomic E-state index is 12.3. The van der Waals surface area contributed by atoms with Gasteiger partial charge >= 0.3 is 6.03 Å². The highest BCUT2D eigenvalue weighted by Crippen LogP contribution is 2.13. The summed E-state index contributed by atoms with van der Waals surface area (Å²) in [4.78, 5) is 28.7. The van der Waals surface area contributed by atoms with Crippen molar-refractivity contribution >= 4 is 35.6 Å². The van der Waals surface area contributed by atoms with Gasteiger partial charge in [0.25, 0.3) is 0 Å². The monoisotopic (exact) mass is 379 g/mol. The molecule has 9 heteroatoms. The first kappa shape index (κ1) is 17.4. The molecule has 25 heavy (non-hydrogen) atoms. The summed E-state index contributed by atoms with van der Waals surface area (Å²) < 4.78 is 0. The molecule has 0 saturated carbocycles. The lowest BCUT2D eigenvalue weighted by molar-refractivity contribution is 0.128. The SMILES string of the molecule is O=C1N(C=NOCc2ccc(Cl)nc2)CCN1Cc1ccc(Cl)nc1. The van der Waals surface area contributed by atoms with E-state index >= 15 is 0 Å². The normalized spacial score (nSPS) is 14.6. The Morgan fingerprint density at radius 1 is 1.08 bits per heavy atom. The van der Waals surface area contributed by atoms with Crippen LogP contribution in [0.1, 0.15) is 11.1 Å². The molecule has 130 valence electrons. The Bertz CT molecular complexity index is 752. The molecule has 0 aromatic carbocycles. The number of nitrogens with zero attached hydrogens (tertiary/aromatic N) is 5. The molecule has 0 spiro atoms. The van der Waals surface area contributed by atoms with E-state index in [-0.39, 0.29) is 12.6 Å². The molecule has 0 bridgehead atoms. The molecule has 0 N–H and O–H groups in total. The van der Waals surface area contributed by atoms with E-state index < -0.39 is 0 Å². The molecule has 1 aliphatic heterocycles. The number of amides is 2. The van der Waals surface area contributed by atoms with Crippen LogP contribution in [0.4, 0.5) is 4.79 Å². The summed E-state index contributed by atoms with van der Waals surface area (Å²) in [7, 11) is 0. The lowest BCUT2D eigenvalue weighted by Gasteiger charge is -2.15. The topological polar surface area (TPSA) is 70.9 Å². The third-order valence-corrected chi connectivity index (χ3v) is 4.02. The molecular weight excluding hydrogens is 365 g/mol. The van der Waals surface area contributed by atoms with Crippen LogP contribution in [0.2, 0.25) is 10.3 Å². The Hall–Kier alpha value is -2.38. The van der Waals surface area contributed by atoms with Crippen molar-refractivity contribution in [2.45, 2.75) is 13.2 Å². The van der Waals surface area contributed by atoms with Crippen molar-refractivity contribution < 1.29 is 9.63 Å². The third-order valence-electron chi connectivity index (χ3n) is 3.57. The predicted octanol–water partition coefficient (Wildman–Crippen LogP) is 3.18. The van der Waals surface area contributed by atoms with Crippen molar-refractivity contribution in [1.29, 1.82) is 0 Å². The second kappa shape index (κ2) is 8.13. The van der Waals surface area contributed by atoms with E-state index in [1.165, 1.54) is 11.2 Å². The van der Waals surface area contributed by atoms with Crippen LogP contribution in [0.25, 0.3) is 0 Å². The standard InChI is InChI=1S/C16H15Cl2N5O2/c17-14-3-1-12(7-19-14)9-22-5-6-23(16(22)24)11-21-25-10-13-2-4-15(18)20-8-13/h1-4,7-8,11H,5-6,9-10H2. The van der Waals surface area contributed by atoms with Gasteiger partial charge in [0.15, 0.2) is 0 Å². The fourth-order valence-electron chi connectivity index (χ4n) is 2.27. The van der Waals surface area contributed by atoms with Crippen molar-refractivity contribution in [3.8, 4) is 0 Å². The molecule has 0 unspecified atom stereocenters. The van der Waals surface area contributed by atoms with Gasteiger partial charge in [0, 0.05) is 37.6 Å². The number of halogens is 2. The van der Waals surface area contributed by atoms with Crippen molar-refractivity contribution in [2.75, 3.05) is 13.1 Å². The van der Waals surface area contributed by atoms with Crippen LogP contribution in [0.15, 0.2) is 41.8 Å². The average molecular weight is 380 g/mol. The number of oxime groups is 1. The van der Waals surface area contributed by atoms with Crippen LogP contribution in [0, 0.1) is 0 Å². The molecule has 2 amide bonds. The van der Waals surface area contributed by atoms with Crippen LogP contribution < -0.4 is 0 Å². The first-order valence-electron chi connectivity index (χ1n) is 7.54. The number of hydrogen-bond acceptors (Lipinski definition) is 5. The van der Waals surface area contributed by atoms with Gasteiger partial charge in [0.05, 0.1) is 0 Å². The molecule has 0 atom stereocenters. The van der Waals surface area contributed by atoms with Gasteiger partial charge in [-0.1, -0.05) is 40.5 Å². The largest absolute Gasteiger partial charge is 0.390 e. The second-order valence-corrected chi connectivity index (χ2v) is 6.14. The number of carbonyl (C=O) groups excluding carboxylic acids is 1. The van der Waals surface area contributed by atoms with Crippen LogP contribution in [-0.2, 0) is 18.0 Å². The van der Waals surface area contributed by atoms with E-state index in [2.05, 4.69) is 15.1 Å². The highest BCUT2D eigenvalue weighted by molar-refractivity contribution is 6.29. The first-order valence-corrected chi connectivity index (χ1v) is 8.29. The molecule has 7 nitrogen and oxygen atoms in total. The molecule has 2 aromatic rings. The van der Waals surface area contributed by atoms with E-state index in [4.69, 9.17) is 28.0 Å². The van der Waals surface area contributed by atoms with Crippen LogP contribution in [0.3, 0.4) is 0 Å². The smallest absolute Gasteiger partial charge is 0.325 e. The van der Waals surface area contributed by atoms with Gasteiger partial charge in [-0.3, -0.25) is 4.90 Å². The maximum Gasteiger partial charge on any atom is 0.325 e. The Morgan fingerprint density at radius 3 is 2.40 bits per heavy atom. The summed E-state index contributed by atoms with van der Waals surface area (Å²) in [5.41, 5.74) is 1.76. The number of rotatable bonds is 6. The van der Waals surface area contributed by atoms with Crippen molar-refractivity contribution in [1.82, 2.24) is 19.8 Å². The predicted molar refractivity (Wildman–Crippen MR) is 94.3 cm³/mol. The van der Waals surface area contributed by atoms with Crippen LogP contribution in [-0.4, -0.2) is 45.2 Å². The van der Waals surface area contributed by atoms with Crippen molar-refractivity contribution in [3.63, 3.8) is 0 Å². The second-order valence-electron chi connectivity index (χ2n) is 5.37. The molecule has 3 heterocycles. The number of carbonyl (C=O) groups is 1. The number of pyridine rings is 2. The zero-order valence-electron chi connectivity index (χ0n) is 13.2. The average Bonchev–Trinajstić information content (AvgIpc) is 2.95. The summed E-state index contributed by atoms with van der Waals surface area (Å²) in [6.07, 6.45) is 4.67. The lowest BCUT2D eigenvalue weighted by Crippen LogP contribution is -2.30. The number of aromatic nitrogens is 2. The third kappa shape index (κ3) is 4.80. The van der Waals surface area contributed by atoms with Gasteiger partial charge < -0.3 is 9.74 Å². The molecule has 1 fully saturated rings. The Kier molecular flexibility index (Phi) is 5.67. The van der Waals surface area contributed by atoms with Gasteiger partial charge in [-0.2, -0.15) is 0 Å². The van der Waals surface area contributed by atoms with E-state index in [0.717, 1.165) is 11.1 Å². The molecule has 3 rings (SSSR count). The molecule has 1 aliphatic rings. The fraction of sp³-hybridized carbons (Fsp3) is 0.250. The fourth-order valence-corrected chi connectivity index (χ4v) is 2.49. The van der Waals surface area contributed by atoms with Gasteiger partial charge in [0.2, 0.25) is 0 Å². The maximum atomic E-state index is 12.3. The number of hydrogen-bond donors (Lipinski definition) is 0. The quantitative estimate of drug-likeness (QED) is 0.334. The summed E-state index contributed by atoms with van der Waals surface area (Å²) in [5.74, 6) is 0. The molecule has 1 saturated heterocycles. The van der Waals surface area contributed by atoms with Gasteiger partial charge in [-0.05, 0) is 17.7 Å². The van der Waals surface area contributed by atoms with Gasteiger partial charge in [-0.15, -0.1) is 0 Å². The summed E-state index contributed by atoms with van der Waals surface area (Å²) in [5, 5.41) is 4.69. The zero-order valence-corrected chi connectivity index (χ0v) is 14.7. The Labute approximate surface area is 154 Å². The van der Waals surface area contributed by atoms with E-state index in [9.17, 15) is 4.79 Å². The van der Waals surface area contributed by atoms with Crippen molar-refractivity contribution in [2.24, 2.45) is 5.16 Å². The van der Waals surface area contributed by atoms with Crippen molar-refractivity contribution in [3.05, 3.63) is 58.1 Å². The highest BCUT2D eigenvalue weighted by Gasteiger charge is 2.27. The molecule has 0 radical (unpaired) electrons. The minimum atomic E-state index is -0.129. The van der Waals surface area contributed by atoms with E-state index in [0.29, 0.717) is 29.9 Å². The Balaban J connectivity index is 1.48. The zero-order chi connectivity index (χ0) is 17.6. The summed E-state index contributed by atoms with van der Waals surface area (Å²) in [6, 6.07) is 6.90. The van der Waals surface area contributed by atoms with E-state index in [1.807, 2.05) is 6.07 Å². The molecular formula is C16H15Cl2N5O2. The molecule has 2 aromatic heterocycles.